The Kier molecular flexibility index (Phi) is 6.53. The molecule has 2 aromatic heterocycles. The van der Waals surface area contributed by atoms with E-state index in [0.29, 0.717) is 34.5 Å². The molecule has 0 aliphatic carbocycles. The van der Waals surface area contributed by atoms with Gasteiger partial charge >= 0.3 is 0 Å². The highest BCUT2D eigenvalue weighted by molar-refractivity contribution is 7.99. The van der Waals surface area contributed by atoms with Crippen molar-refractivity contribution >= 4 is 35.0 Å². The summed E-state index contributed by atoms with van der Waals surface area (Å²) in [6.07, 6.45) is 0.321. The molecule has 7 nitrogen and oxygen atoms in total. The van der Waals surface area contributed by atoms with Crippen molar-refractivity contribution in [1.29, 1.82) is 0 Å². The molecule has 2 heterocycles. The number of carbonyl (C=O) groups is 1. The van der Waals surface area contributed by atoms with Crippen LogP contribution >= 0.6 is 23.4 Å². The number of nitrogens with one attached hydrogen (secondary N) is 1. The number of aromatic nitrogens is 4. The molecule has 0 aliphatic rings. The molecule has 9 heteroatoms. The Labute approximate surface area is 172 Å². The zero-order valence-electron chi connectivity index (χ0n) is 15.8. The van der Waals surface area contributed by atoms with E-state index in [9.17, 15) is 4.79 Å². The molecular formula is C19H20ClN5O2S. The van der Waals surface area contributed by atoms with Crippen LogP contribution in [0.15, 0.2) is 41.4 Å². The number of benzene rings is 1. The van der Waals surface area contributed by atoms with Gasteiger partial charge in [0.2, 0.25) is 5.91 Å². The van der Waals surface area contributed by atoms with Gasteiger partial charge in [0.25, 0.3) is 0 Å². The fraction of sp³-hybridized carbons (Fsp3) is 0.263. The van der Waals surface area contributed by atoms with E-state index in [1.165, 1.54) is 11.8 Å². The maximum Gasteiger partial charge on any atom is 0.225 e. The molecule has 1 N–H and O–H groups in total. The lowest BCUT2D eigenvalue weighted by Gasteiger charge is -2.10. The number of rotatable bonds is 7. The first-order valence-corrected chi connectivity index (χ1v) is 9.96. The molecule has 0 aliphatic heterocycles. The molecule has 0 unspecified atom stereocenters. The fourth-order valence-corrected chi connectivity index (χ4v) is 3.53. The molecule has 0 saturated carbocycles. The van der Waals surface area contributed by atoms with Crippen LogP contribution in [0.4, 0.5) is 5.69 Å². The minimum Gasteiger partial charge on any atom is -0.495 e. The molecule has 146 valence electrons. The first-order valence-electron chi connectivity index (χ1n) is 8.60. The lowest BCUT2D eigenvalue weighted by molar-refractivity contribution is -0.115. The predicted molar refractivity (Wildman–Crippen MR) is 111 cm³/mol. The topological polar surface area (TPSA) is 81.9 Å². The van der Waals surface area contributed by atoms with Crippen LogP contribution in [0.5, 0.6) is 5.75 Å². The number of hydrogen-bond acceptors (Lipinski definition) is 6. The van der Waals surface area contributed by atoms with E-state index in [2.05, 4.69) is 20.6 Å². The highest BCUT2D eigenvalue weighted by atomic mass is 35.5. The zero-order valence-corrected chi connectivity index (χ0v) is 17.3. The van der Waals surface area contributed by atoms with Gasteiger partial charge in [0.1, 0.15) is 10.8 Å². The van der Waals surface area contributed by atoms with Gasteiger partial charge in [0, 0.05) is 22.9 Å². The molecule has 0 spiro atoms. The predicted octanol–water partition coefficient (Wildman–Crippen LogP) is 4.06. The summed E-state index contributed by atoms with van der Waals surface area (Å²) in [4.78, 5) is 12.2. The van der Waals surface area contributed by atoms with E-state index in [1.807, 2.05) is 32.0 Å². The molecule has 0 radical (unpaired) electrons. The molecule has 3 rings (SSSR count). The number of hydrogen-bond donors (Lipinski definition) is 1. The van der Waals surface area contributed by atoms with E-state index in [0.717, 1.165) is 16.4 Å². The Morgan fingerprint density at radius 1 is 1.21 bits per heavy atom. The van der Waals surface area contributed by atoms with Gasteiger partial charge in [-0.2, -0.15) is 5.10 Å². The number of halogens is 1. The maximum atomic E-state index is 12.2. The van der Waals surface area contributed by atoms with Crippen LogP contribution in [-0.4, -0.2) is 38.7 Å². The molecule has 0 bridgehead atoms. The van der Waals surface area contributed by atoms with Gasteiger partial charge < -0.3 is 10.1 Å². The Balaban J connectivity index is 1.53. The highest BCUT2D eigenvalue weighted by Crippen LogP contribution is 2.28. The second kappa shape index (κ2) is 9.07. The number of amides is 1. The monoisotopic (exact) mass is 417 g/mol. The lowest BCUT2D eigenvalue weighted by Crippen LogP contribution is -2.13. The minimum atomic E-state index is -0.125. The summed E-state index contributed by atoms with van der Waals surface area (Å²) in [6.45, 7) is 3.91. The Morgan fingerprint density at radius 3 is 2.68 bits per heavy atom. The largest absolute Gasteiger partial charge is 0.495 e. The molecule has 1 amide bonds. The third kappa shape index (κ3) is 5.02. The quantitative estimate of drug-likeness (QED) is 0.584. The number of ether oxygens (including phenoxy) is 1. The van der Waals surface area contributed by atoms with Gasteiger partial charge in [-0.3, -0.25) is 4.79 Å². The summed E-state index contributed by atoms with van der Waals surface area (Å²) in [7, 11) is 1.54. The van der Waals surface area contributed by atoms with Gasteiger partial charge in [0.15, 0.2) is 5.82 Å². The summed E-state index contributed by atoms with van der Waals surface area (Å²) in [5.74, 6) is 1.68. The third-order valence-electron chi connectivity index (χ3n) is 3.87. The van der Waals surface area contributed by atoms with Crippen molar-refractivity contribution in [3.05, 3.63) is 52.8 Å². The number of carbonyl (C=O) groups excluding carboxylic acids is 1. The average molecular weight is 418 g/mol. The van der Waals surface area contributed by atoms with Gasteiger partial charge in [-0.1, -0.05) is 11.6 Å². The van der Waals surface area contributed by atoms with Crippen molar-refractivity contribution in [2.75, 3.05) is 18.2 Å². The number of nitrogens with zero attached hydrogens (tertiary/aromatic N) is 4. The molecule has 0 atom stereocenters. The van der Waals surface area contributed by atoms with Crippen LogP contribution in [0.2, 0.25) is 5.02 Å². The smallest absolute Gasteiger partial charge is 0.225 e. The third-order valence-corrected chi connectivity index (χ3v) is 5.02. The summed E-state index contributed by atoms with van der Waals surface area (Å²) >= 11 is 7.44. The maximum absolute atomic E-state index is 12.2. The number of aryl methyl sites for hydroxylation is 2. The Morgan fingerprint density at radius 2 is 2.04 bits per heavy atom. The summed E-state index contributed by atoms with van der Waals surface area (Å²) < 4.78 is 6.98. The molecular weight excluding hydrogens is 398 g/mol. The summed E-state index contributed by atoms with van der Waals surface area (Å²) in [5, 5.41) is 16.9. The van der Waals surface area contributed by atoms with Crippen molar-refractivity contribution in [1.82, 2.24) is 20.0 Å². The second-order valence-electron chi connectivity index (χ2n) is 6.06. The van der Waals surface area contributed by atoms with Crippen LogP contribution in [0.3, 0.4) is 0 Å². The Bertz CT molecular complexity index is 975. The fourth-order valence-electron chi connectivity index (χ4n) is 2.60. The minimum absolute atomic E-state index is 0.125. The van der Waals surface area contributed by atoms with E-state index in [1.54, 1.807) is 30.0 Å². The van der Waals surface area contributed by atoms with E-state index in [-0.39, 0.29) is 5.91 Å². The van der Waals surface area contributed by atoms with E-state index >= 15 is 0 Å². The van der Waals surface area contributed by atoms with Gasteiger partial charge in [0.05, 0.1) is 18.5 Å². The van der Waals surface area contributed by atoms with Gasteiger partial charge in [-0.15, -0.1) is 22.0 Å². The van der Waals surface area contributed by atoms with E-state index < -0.39 is 0 Å². The number of anilines is 1. The molecule has 1 aromatic carbocycles. The normalized spacial score (nSPS) is 10.7. The first kappa shape index (κ1) is 20.2. The molecule has 3 aromatic rings. The van der Waals surface area contributed by atoms with Gasteiger partial charge in [-0.25, -0.2) is 4.68 Å². The van der Waals surface area contributed by atoms with E-state index in [4.69, 9.17) is 16.3 Å². The Hall–Kier alpha value is -2.58. The van der Waals surface area contributed by atoms with Crippen molar-refractivity contribution in [2.24, 2.45) is 0 Å². The average Bonchev–Trinajstić information content (AvgIpc) is 3.00. The van der Waals surface area contributed by atoms with Crippen molar-refractivity contribution in [3.8, 4) is 11.6 Å². The highest BCUT2D eigenvalue weighted by Gasteiger charge is 2.10. The molecule has 0 saturated heterocycles. The lowest BCUT2D eigenvalue weighted by atomic mass is 10.3. The van der Waals surface area contributed by atoms with Gasteiger partial charge in [-0.05, 0) is 50.2 Å². The SMILES string of the molecule is COc1ccc(Cl)cc1NC(=O)CCSc1ccc(-n2nc(C)cc2C)nn1. The zero-order chi connectivity index (χ0) is 20.1. The van der Waals surface area contributed by atoms with Crippen LogP contribution < -0.4 is 10.1 Å². The van der Waals surface area contributed by atoms with Crippen LogP contribution in [0.25, 0.3) is 5.82 Å². The second-order valence-corrected chi connectivity index (χ2v) is 7.61. The van der Waals surface area contributed by atoms with Crippen molar-refractivity contribution < 1.29 is 9.53 Å². The number of methoxy groups -OCH3 is 1. The standard InChI is InChI=1S/C19H20ClN5O2S/c1-12-10-13(2)25(24-12)17-6-7-19(23-22-17)28-9-8-18(26)21-15-11-14(20)4-5-16(15)27-3/h4-7,10-11H,8-9H2,1-3H3,(H,21,26). The van der Waals surface area contributed by atoms with Crippen molar-refractivity contribution in [3.63, 3.8) is 0 Å². The number of thioether (sulfide) groups is 1. The van der Waals surface area contributed by atoms with Crippen molar-refractivity contribution in [2.45, 2.75) is 25.3 Å². The van der Waals surface area contributed by atoms with Crippen LogP contribution in [0.1, 0.15) is 17.8 Å². The molecule has 28 heavy (non-hydrogen) atoms. The summed E-state index contributed by atoms with van der Waals surface area (Å²) in [6, 6.07) is 10.8. The first-order chi connectivity index (χ1) is 13.5. The van der Waals surface area contributed by atoms with Crippen LogP contribution in [-0.2, 0) is 4.79 Å². The van der Waals surface area contributed by atoms with Crippen LogP contribution in [0, 0.1) is 13.8 Å². The summed E-state index contributed by atoms with van der Waals surface area (Å²) in [5.41, 5.74) is 2.49. The molecule has 0 fully saturated rings.